The molecule has 0 saturated heterocycles. The molecule has 0 aromatic rings. The van der Waals surface area contributed by atoms with Crippen LogP contribution in [0, 0.1) is 0 Å². The zero-order valence-electron chi connectivity index (χ0n) is 8.95. The maximum atomic E-state index is 6.13. The van der Waals surface area contributed by atoms with Crippen LogP contribution >= 0.6 is 45.8 Å². The number of hydrogen-bond donors (Lipinski definition) is 0. The summed E-state index contributed by atoms with van der Waals surface area (Å²) in [5.41, 5.74) is 0. The van der Waals surface area contributed by atoms with E-state index in [-0.39, 0.29) is 5.38 Å². The highest BCUT2D eigenvalue weighted by atomic mass is 127. The summed E-state index contributed by atoms with van der Waals surface area (Å²) >= 11 is 14.3. The van der Waals surface area contributed by atoms with Crippen LogP contribution in [0.15, 0.2) is 0 Å². The van der Waals surface area contributed by atoms with Crippen molar-refractivity contribution in [2.75, 3.05) is 5.88 Å². The fourth-order valence-corrected chi connectivity index (χ4v) is 3.48. The molecule has 0 rings (SSSR count). The molecule has 0 heterocycles. The average Bonchev–Trinajstić information content (AvgIpc) is 2.13. The molecular weight excluding hydrogens is 330 g/mol. The molecule has 0 nitrogen and oxygen atoms in total. The van der Waals surface area contributed by atoms with Crippen molar-refractivity contribution in [1.82, 2.24) is 0 Å². The lowest BCUT2D eigenvalue weighted by Gasteiger charge is -2.13. The van der Waals surface area contributed by atoms with E-state index in [1.807, 2.05) is 0 Å². The minimum Gasteiger partial charge on any atom is -0.127 e. The molecule has 0 amide bonds. The lowest BCUT2D eigenvalue weighted by molar-refractivity contribution is 0.597. The van der Waals surface area contributed by atoms with Gasteiger partial charge in [-0.3, -0.25) is 0 Å². The number of halogens is 3. The van der Waals surface area contributed by atoms with Crippen molar-refractivity contribution in [2.45, 2.75) is 61.2 Å². The summed E-state index contributed by atoms with van der Waals surface area (Å²) in [5, 5.41) is 0.278. The first kappa shape index (κ1) is 15.3. The predicted molar refractivity (Wildman–Crippen MR) is 76.2 cm³/mol. The number of rotatable bonds is 9. The molecule has 2 atom stereocenters. The fraction of sp³-hybridized carbons (Fsp3) is 1.00. The molecule has 0 spiro atoms. The molecule has 0 aromatic heterocycles. The van der Waals surface area contributed by atoms with E-state index in [0.717, 1.165) is 16.8 Å². The Labute approximate surface area is 112 Å². The van der Waals surface area contributed by atoms with Crippen LogP contribution in [0.5, 0.6) is 0 Å². The molecule has 0 radical (unpaired) electrons. The Morgan fingerprint density at radius 1 is 1.14 bits per heavy atom. The largest absolute Gasteiger partial charge is 0.127 e. The van der Waals surface area contributed by atoms with Crippen molar-refractivity contribution in [3.8, 4) is 0 Å². The van der Waals surface area contributed by atoms with Gasteiger partial charge in [-0.1, -0.05) is 55.2 Å². The number of alkyl halides is 3. The van der Waals surface area contributed by atoms with Crippen molar-refractivity contribution in [2.24, 2.45) is 0 Å². The zero-order chi connectivity index (χ0) is 10.8. The van der Waals surface area contributed by atoms with Gasteiger partial charge in [-0.15, -0.1) is 23.2 Å². The Morgan fingerprint density at radius 3 is 2.43 bits per heavy atom. The lowest BCUT2D eigenvalue weighted by Crippen LogP contribution is -2.08. The Morgan fingerprint density at radius 2 is 1.86 bits per heavy atom. The predicted octanol–water partition coefficient (Wildman–Crippen LogP) is 5.39. The smallest absolute Gasteiger partial charge is 0.0357 e. The van der Waals surface area contributed by atoms with E-state index in [1.165, 1.54) is 32.1 Å². The third-order valence-electron chi connectivity index (χ3n) is 2.30. The Balaban J connectivity index is 3.30. The second-order valence-electron chi connectivity index (χ2n) is 3.76. The molecule has 0 fully saturated rings. The monoisotopic (exact) mass is 350 g/mol. The Hall–Kier alpha value is 1.31. The van der Waals surface area contributed by atoms with Gasteiger partial charge in [0.05, 0.1) is 0 Å². The summed E-state index contributed by atoms with van der Waals surface area (Å²) in [5.74, 6) is 0.688. The molecule has 0 aliphatic heterocycles. The van der Waals surface area contributed by atoms with E-state index >= 15 is 0 Å². The third-order valence-corrected chi connectivity index (χ3v) is 4.05. The minimum atomic E-state index is 0.278. The summed E-state index contributed by atoms with van der Waals surface area (Å²) in [6.07, 6.45) is 8.78. The van der Waals surface area contributed by atoms with Crippen LogP contribution in [0.1, 0.15) is 51.9 Å². The van der Waals surface area contributed by atoms with E-state index in [4.69, 9.17) is 23.2 Å². The van der Waals surface area contributed by atoms with Crippen molar-refractivity contribution >= 4 is 45.8 Å². The SMILES string of the molecule is CCCCCCC(I)CC(Cl)CCCl. The first-order valence-electron chi connectivity index (χ1n) is 5.54. The van der Waals surface area contributed by atoms with Gasteiger partial charge < -0.3 is 0 Å². The average molecular weight is 351 g/mol. The van der Waals surface area contributed by atoms with E-state index in [2.05, 4.69) is 29.5 Å². The molecule has 0 N–H and O–H groups in total. The van der Waals surface area contributed by atoms with Gasteiger partial charge in [0, 0.05) is 15.2 Å². The van der Waals surface area contributed by atoms with E-state index in [0.29, 0.717) is 5.88 Å². The van der Waals surface area contributed by atoms with E-state index in [1.54, 1.807) is 0 Å². The summed E-state index contributed by atoms with van der Waals surface area (Å²) in [6, 6.07) is 0. The normalized spacial score (nSPS) is 15.4. The van der Waals surface area contributed by atoms with Crippen molar-refractivity contribution < 1.29 is 0 Å². The second kappa shape index (κ2) is 10.8. The molecular formula is C11H21Cl2I. The standard InChI is InChI=1S/C11H21Cl2I/c1-2-3-4-5-6-11(14)9-10(13)7-8-12/h10-11H,2-9H2,1H3. The molecule has 0 aliphatic rings. The maximum Gasteiger partial charge on any atom is 0.0357 e. The van der Waals surface area contributed by atoms with Gasteiger partial charge in [0.15, 0.2) is 0 Å². The highest BCUT2D eigenvalue weighted by molar-refractivity contribution is 14.1. The van der Waals surface area contributed by atoms with Crippen LogP contribution in [-0.2, 0) is 0 Å². The Bertz CT molecular complexity index is 120. The lowest BCUT2D eigenvalue weighted by atomic mass is 10.1. The maximum absolute atomic E-state index is 6.13. The fourth-order valence-electron chi connectivity index (χ4n) is 1.42. The quantitative estimate of drug-likeness (QED) is 0.297. The van der Waals surface area contributed by atoms with Gasteiger partial charge in [0.2, 0.25) is 0 Å². The molecule has 0 saturated carbocycles. The van der Waals surface area contributed by atoms with Gasteiger partial charge >= 0.3 is 0 Å². The molecule has 0 aromatic carbocycles. The van der Waals surface area contributed by atoms with Crippen LogP contribution in [0.3, 0.4) is 0 Å². The number of unbranched alkanes of at least 4 members (excludes halogenated alkanes) is 3. The molecule has 2 unspecified atom stereocenters. The van der Waals surface area contributed by atoms with Gasteiger partial charge in [-0.2, -0.15) is 0 Å². The number of hydrogen-bond acceptors (Lipinski definition) is 0. The summed E-state index contributed by atoms with van der Waals surface area (Å²) in [7, 11) is 0. The van der Waals surface area contributed by atoms with E-state index in [9.17, 15) is 0 Å². The molecule has 0 bridgehead atoms. The van der Waals surface area contributed by atoms with Gasteiger partial charge in [-0.25, -0.2) is 0 Å². The van der Waals surface area contributed by atoms with E-state index < -0.39 is 0 Å². The highest BCUT2D eigenvalue weighted by Crippen LogP contribution is 2.21. The van der Waals surface area contributed by atoms with Crippen LogP contribution in [-0.4, -0.2) is 15.2 Å². The van der Waals surface area contributed by atoms with Crippen LogP contribution in [0.2, 0.25) is 0 Å². The van der Waals surface area contributed by atoms with Crippen LogP contribution in [0.25, 0.3) is 0 Å². The van der Waals surface area contributed by atoms with Crippen molar-refractivity contribution in [3.05, 3.63) is 0 Å². The topological polar surface area (TPSA) is 0 Å². The van der Waals surface area contributed by atoms with Gasteiger partial charge in [0.25, 0.3) is 0 Å². The van der Waals surface area contributed by atoms with Crippen molar-refractivity contribution in [1.29, 1.82) is 0 Å². The van der Waals surface area contributed by atoms with Crippen LogP contribution in [0.4, 0.5) is 0 Å². The first-order chi connectivity index (χ1) is 6.70. The third kappa shape index (κ3) is 9.85. The molecule has 3 heteroatoms. The van der Waals surface area contributed by atoms with Crippen molar-refractivity contribution in [3.63, 3.8) is 0 Å². The molecule has 0 aliphatic carbocycles. The summed E-state index contributed by atoms with van der Waals surface area (Å²) in [4.78, 5) is 0. The summed E-state index contributed by atoms with van der Waals surface area (Å²) in [6.45, 7) is 2.25. The zero-order valence-corrected chi connectivity index (χ0v) is 12.6. The summed E-state index contributed by atoms with van der Waals surface area (Å²) < 4.78 is 0.732. The molecule has 14 heavy (non-hydrogen) atoms. The second-order valence-corrected chi connectivity index (χ2v) is 6.51. The molecule has 86 valence electrons. The van der Waals surface area contributed by atoms with Gasteiger partial charge in [-0.05, 0) is 19.3 Å². The first-order valence-corrected chi connectivity index (χ1v) is 7.76. The highest BCUT2D eigenvalue weighted by Gasteiger charge is 2.10. The van der Waals surface area contributed by atoms with Gasteiger partial charge in [0.1, 0.15) is 0 Å². The minimum absolute atomic E-state index is 0.278. The van der Waals surface area contributed by atoms with Crippen LogP contribution < -0.4 is 0 Å². The Kier molecular flexibility index (Phi) is 11.8.